The fourth-order valence-electron chi connectivity index (χ4n) is 1.91. The summed E-state index contributed by atoms with van der Waals surface area (Å²) in [5.74, 6) is 3.64. The molecule has 2 rings (SSSR count). The first-order chi connectivity index (χ1) is 7.22. The summed E-state index contributed by atoms with van der Waals surface area (Å²) in [4.78, 5) is 0. The van der Waals surface area contributed by atoms with Gasteiger partial charge in [0, 0.05) is 11.8 Å². The van der Waals surface area contributed by atoms with Crippen molar-refractivity contribution in [3.05, 3.63) is 29.3 Å². The fraction of sp³-hybridized carbons (Fsp3) is 0.500. The van der Waals surface area contributed by atoms with E-state index in [9.17, 15) is 0 Å². The molecule has 1 aliphatic heterocycles. The van der Waals surface area contributed by atoms with Gasteiger partial charge in [0.25, 0.3) is 0 Å². The lowest BCUT2D eigenvalue weighted by Gasteiger charge is -2.18. The molecular weight excluding hydrogens is 206 g/mol. The van der Waals surface area contributed by atoms with Gasteiger partial charge in [0.15, 0.2) is 0 Å². The summed E-state index contributed by atoms with van der Waals surface area (Å²) in [7, 11) is 1.70. The molecule has 0 saturated heterocycles. The number of benzene rings is 1. The molecule has 2 unspecified atom stereocenters. The summed E-state index contributed by atoms with van der Waals surface area (Å²) in [6.07, 6.45) is 0. The van der Waals surface area contributed by atoms with Crippen molar-refractivity contribution >= 4 is 11.8 Å². The van der Waals surface area contributed by atoms with Gasteiger partial charge in [-0.25, -0.2) is 0 Å². The highest BCUT2D eigenvalue weighted by atomic mass is 32.2. The highest BCUT2D eigenvalue weighted by Crippen LogP contribution is 2.34. The van der Waals surface area contributed by atoms with Gasteiger partial charge < -0.3 is 10.5 Å². The van der Waals surface area contributed by atoms with Crippen LogP contribution in [0.15, 0.2) is 18.2 Å². The van der Waals surface area contributed by atoms with E-state index >= 15 is 0 Å². The van der Waals surface area contributed by atoms with Gasteiger partial charge in [-0.05, 0) is 34.9 Å². The van der Waals surface area contributed by atoms with Crippen LogP contribution in [0.5, 0.6) is 5.75 Å². The molecule has 0 bridgehead atoms. The molecule has 0 amide bonds. The van der Waals surface area contributed by atoms with Crippen molar-refractivity contribution in [3.8, 4) is 5.75 Å². The van der Waals surface area contributed by atoms with Crippen LogP contribution >= 0.6 is 11.8 Å². The van der Waals surface area contributed by atoms with Crippen LogP contribution in [0.25, 0.3) is 0 Å². The normalized spacial score (nSPS) is 25.5. The lowest BCUT2D eigenvalue weighted by Crippen LogP contribution is -2.20. The Morgan fingerprint density at radius 3 is 3.00 bits per heavy atom. The van der Waals surface area contributed by atoms with E-state index < -0.39 is 0 Å². The molecule has 0 fully saturated rings. The number of methoxy groups -OCH3 is 1. The molecule has 2 nitrogen and oxygen atoms in total. The van der Waals surface area contributed by atoms with Crippen LogP contribution in [-0.2, 0) is 5.75 Å². The Bertz CT molecular complexity index is 353. The van der Waals surface area contributed by atoms with Crippen LogP contribution in [0.3, 0.4) is 0 Å². The molecule has 1 aromatic rings. The van der Waals surface area contributed by atoms with Crippen molar-refractivity contribution in [1.82, 2.24) is 0 Å². The first-order valence-electron chi connectivity index (χ1n) is 5.22. The summed E-state index contributed by atoms with van der Waals surface area (Å²) in [5.41, 5.74) is 8.86. The van der Waals surface area contributed by atoms with Crippen LogP contribution < -0.4 is 10.5 Å². The fourth-order valence-corrected chi connectivity index (χ4v) is 3.09. The molecule has 2 N–H and O–H groups in total. The Hall–Kier alpha value is -0.670. The molecule has 0 saturated carbocycles. The van der Waals surface area contributed by atoms with Crippen LogP contribution in [0, 0.1) is 5.92 Å². The van der Waals surface area contributed by atoms with Gasteiger partial charge in [-0.2, -0.15) is 11.8 Å². The van der Waals surface area contributed by atoms with Crippen molar-refractivity contribution in [2.45, 2.75) is 18.7 Å². The maximum atomic E-state index is 6.24. The van der Waals surface area contributed by atoms with E-state index in [0.717, 1.165) is 17.3 Å². The molecule has 0 aliphatic carbocycles. The minimum atomic E-state index is 0.144. The van der Waals surface area contributed by atoms with Gasteiger partial charge in [-0.3, -0.25) is 0 Å². The smallest absolute Gasteiger partial charge is 0.119 e. The van der Waals surface area contributed by atoms with E-state index in [2.05, 4.69) is 19.1 Å². The molecule has 82 valence electrons. The molecule has 15 heavy (non-hydrogen) atoms. The molecular formula is C12H17NOS. The number of fused-ring (bicyclic) bond motifs is 1. The van der Waals surface area contributed by atoms with Gasteiger partial charge in [-0.1, -0.05) is 13.0 Å². The second-order valence-electron chi connectivity index (χ2n) is 4.08. The van der Waals surface area contributed by atoms with E-state index in [4.69, 9.17) is 10.5 Å². The number of rotatable bonds is 1. The molecule has 2 atom stereocenters. The maximum absolute atomic E-state index is 6.24. The van der Waals surface area contributed by atoms with Crippen LogP contribution in [0.1, 0.15) is 24.1 Å². The first-order valence-corrected chi connectivity index (χ1v) is 6.38. The minimum absolute atomic E-state index is 0.144. The Balaban J connectivity index is 2.41. The average Bonchev–Trinajstić information content (AvgIpc) is 2.40. The van der Waals surface area contributed by atoms with Crippen molar-refractivity contribution < 1.29 is 4.74 Å². The van der Waals surface area contributed by atoms with Gasteiger partial charge in [0.1, 0.15) is 5.75 Å². The van der Waals surface area contributed by atoms with Gasteiger partial charge in [0.2, 0.25) is 0 Å². The van der Waals surface area contributed by atoms with E-state index in [1.807, 2.05) is 17.8 Å². The molecule has 1 aromatic carbocycles. The van der Waals surface area contributed by atoms with Crippen molar-refractivity contribution in [3.63, 3.8) is 0 Å². The molecule has 0 spiro atoms. The molecule has 3 heteroatoms. The second kappa shape index (κ2) is 4.45. The first kappa shape index (κ1) is 10.8. The van der Waals surface area contributed by atoms with E-state index in [0.29, 0.717) is 5.92 Å². The van der Waals surface area contributed by atoms with E-state index in [-0.39, 0.29) is 6.04 Å². The van der Waals surface area contributed by atoms with Crippen molar-refractivity contribution in [1.29, 1.82) is 0 Å². The molecule has 0 radical (unpaired) electrons. The summed E-state index contributed by atoms with van der Waals surface area (Å²) < 4.78 is 5.24. The largest absolute Gasteiger partial charge is 0.497 e. The Labute approximate surface area is 95.2 Å². The summed E-state index contributed by atoms with van der Waals surface area (Å²) in [6.45, 7) is 2.21. The summed E-state index contributed by atoms with van der Waals surface area (Å²) in [5, 5.41) is 0. The lowest BCUT2D eigenvalue weighted by atomic mass is 9.93. The SMILES string of the molecule is COc1ccc2c(c1)C(N)C(C)CSC2. The molecule has 1 aliphatic rings. The third kappa shape index (κ3) is 2.13. The highest BCUT2D eigenvalue weighted by molar-refractivity contribution is 7.98. The average molecular weight is 223 g/mol. The van der Waals surface area contributed by atoms with Crippen LogP contribution in [0.4, 0.5) is 0 Å². The number of hydrogen-bond acceptors (Lipinski definition) is 3. The zero-order valence-electron chi connectivity index (χ0n) is 9.19. The van der Waals surface area contributed by atoms with E-state index in [1.165, 1.54) is 11.1 Å². The topological polar surface area (TPSA) is 35.2 Å². The number of thioether (sulfide) groups is 1. The van der Waals surface area contributed by atoms with Gasteiger partial charge >= 0.3 is 0 Å². The Kier molecular flexibility index (Phi) is 3.22. The third-order valence-corrected chi connectivity index (χ3v) is 4.24. The van der Waals surface area contributed by atoms with Gasteiger partial charge in [0.05, 0.1) is 7.11 Å². The number of nitrogens with two attached hydrogens (primary N) is 1. The standard InChI is InChI=1S/C12H17NOS/c1-8-6-15-7-9-3-4-10(14-2)5-11(9)12(8)13/h3-5,8,12H,6-7,13H2,1-2H3. The zero-order valence-corrected chi connectivity index (χ0v) is 10.0. The van der Waals surface area contributed by atoms with Crippen molar-refractivity contribution in [2.24, 2.45) is 11.7 Å². The van der Waals surface area contributed by atoms with Crippen LogP contribution in [-0.4, -0.2) is 12.9 Å². The Morgan fingerprint density at radius 1 is 1.47 bits per heavy atom. The second-order valence-corrected chi connectivity index (χ2v) is 5.11. The van der Waals surface area contributed by atoms with Crippen LogP contribution in [0.2, 0.25) is 0 Å². The van der Waals surface area contributed by atoms with Crippen molar-refractivity contribution in [2.75, 3.05) is 12.9 Å². The van der Waals surface area contributed by atoms with E-state index in [1.54, 1.807) is 7.11 Å². The number of hydrogen-bond donors (Lipinski definition) is 1. The Morgan fingerprint density at radius 2 is 2.27 bits per heavy atom. The minimum Gasteiger partial charge on any atom is -0.497 e. The lowest BCUT2D eigenvalue weighted by molar-refractivity contribution is 0.412. The molecule has 0 aromatic heterocycles. The summed E-state index contributed by atoms with van der Waals surface area (Å²) in [6, 6.07) is 6.38. The maximum Gasteiger partial charge on any atom is 0.119 e. The molecule has 1 heterocycles. The summed E-state index contributed by atoms with van der Waals surface area (Å²) >= 11 is 1.96. The highest BCUT2D eigenvalue weighted by Gasteiger charge is 2.22. The predicted molar refractivity (Wildman–Crippen MR) is 65.2 cm³/mol. The monoisotopic (exact) mass is 223 g/mol. The zero-order chi connectivity index (χ0) is 10.8. The predicted octanol–water partition coefficient (Wildman–Crippen LogP) is 2.58. The quantitative estimate of drug-likeness (QED) is 0.794. The number of ether oxygens (including phenoxy) is 1. The third-order valence-electron chi connectivity index (χ3n) is 2.96. The van der Waals surface area contributed by atoms with Gasteiger partial charge in [-0.15, -0.1) is 0 Å².